The molecule has 1 aliphatic heterocycles. The van der Waals surface area contributed by atoms with E-state index in [9.17, 15) is 19.6 Å². The Labute approximate surface area is 178 Å². The zero-order valence-corrected chi connectivity index (χ0v) is 17.3. The first kappa shape index (κ1) is 21.3. The van der Waals surface area contributed by atoms with Crippen LogP contribution < -0.4 is 5.32 Å². The molecule has 154 valence electrons. The van der Waals surface area contributed by atoms with Crippen molar-refractivity contribution < 1.29 is 19.1 Å². The predicted molar refractivity (Wildman–Crippen MR) is 114 cm³/mol. The monoisotopic (exact) mass is 423 g/mol. The molecule has 3 rings (SSSR count). The minimum atomic E-state index is -0.419. The third-order valence-electron chi connectivity index (χ3n) is 4.76. The Bertz CT molecular complexity index is 1020. The molecule has 2 aromatic rings. The van der Waals surface area contributed by atoms with Gasteiger partial charge in [-0.3, -0.25) is 14.4 Å². The molecule has 7 nitrogen and oxygen atoms in total. The Morgan fingerprint density at radius 1 is 1.27 bits per heavy atom. The topological polar surface area (TPSA) is 99.5 Å². The number of ether oxygens (including phenoxy) is 1. The minimum absolute atomic E-state index is 0.0433. The fourth-order valence-electron chi connectivity index (χ4n) is 3.18. The zero-order valence-electron chi connectivity index (χ0n) is 16.5. The molecular formula is C22H21N3O4S. The largest absolute Gasteiger partial charge is 0.469 e. The third kappa shape index (κ3) is 5.13. The number of benzene rings is 1. The van der Waals surface area contributed by atoms with Crippen molar-refractivity contribution in [2.75, 3.05) is 19.0 Å². The summed E-state index contributed by atoms with van der Waals surface area (Å²) < 4.78 is 4.57. The number of carbonyl (C=O) groups is 3. The molecule has 0 atom stereocenters. The van der Waals surface area contributed by atoms with E-state index in [0.29, 0.717) is 30.1 Å². The molecule has 0 saturated heterocycles. The zero-order chi connectivity index (χ0) is 21.5. The van der Waals surface area contributed by atoms with Crippen molar-refractivity contribution in [2.24, 2.45) is 0 Å². The predicted octanol–water partition coefficient (Wildman–Crippen LogP) is 3.11. The summed E-state index contributed by atoms with van der Waals surface area (Å²) >= 11 is 1.31. The number of nitriles is 1. The van der Waals surface area contributed by atoms with Crippen molar-refractivity contribution in [3.8, 4) is 6.07 Å². The number of anilines is 1. The Hall–Kier alpha value is -3.44. The number of rotatable bonds is 6. The molecule has 2 heterocycles. The molecule has 30 heavy (non-hydrogen) atoms. The van der Waals surface area contributed by atoms with E-state index >= 15 is 0 Å². The average Bonchev–Trinajstić information content (AvgIpc) is 3.12. The maximum atomic E-state index is 12.4. The first-order valence-corrected chi connectivity index (χ1v) is 10.3. The fourth-order valence-corrected chi connectivity index (χ4v) is 4.40. The quantitative estimate of drug-likeness (QED) is 0.568. The van der Waals surface area contributed by atoms with Gasteiger partial charge >= 0.3 is 5.97 Å². The standard InChI is InChI=1S/C22H21N3O4S/c1-29-21(28)10-9-20(27)25-12-11-16-17(13-23)22(30-18(16)14-25)24-19(26)8-7-15-5-3-2-4-6-15/h2-8H,9-12,14H2,1H3,(H,24,26)/b8-7+. The van der Waals surface area contributed by atoms with E-state index in [-0.39, 0.29) is 24.7 Å². The summed E-state index contributed by atoms with van der Waals surface area (Å²) in [5.74, 6) is -0.869. The number of esters is 1. The number of hydrogen-bond donors (Lipinski definition) is 1. The molecule has 0 spiro atoms. The van der Waals surface area contributed by atoms with E-state index in [1.807, 2.05) is 30.3 Å². The summed E-state index contributed by atoms with van der Waals surface area (Å²) in [6.07, 6.45) is 3.80. The lowest BCUT2D eigenvalue weighted by Crippen LogP contribution is -2.35. The van der Waals surface area contributed by atoms with E-state index < -0.39 is 5.97 Å². The van der Waals surface area contributed by atoms with Gasteiger partial charge in [-0.2, -0.15) is 5.26 Å². The highest BCUT2D eigenvalue weighted by molar-refractivity contribution is 7.16. The molecule has 0 aliphatic carbocycles. The summed E-state index contributed by atoms with van der Waals surface area (Å²) in [5.41, 5.74) is 2.24. The molecule has 2 amide bonds. The minimum Gasteiger partial charge on any atom is -0.469 e. The van der Waals surface area contributed by atoms with Gasteiger partial charge in [-0.05, 0) is 23.6 Å². The Morgan fingerprint density at radius 3 is 2.73 bits per heavy atom. The molecule has 0 bridgehead atoms. The van der Waals surface area contributed by atoms with Gasteiger partial charge in [0.25, 0.3) is 0 Å². The summed E-state index contributed by atoms with van der Waals surface area (Å²) in [5, 5.41) is 12.9. The number of thiophene rings is 1. The maximum Gasteiger partial charge on any atom is 0.306 e. The average molecular weight is 423 g/mol. The van der Waals surface area contributed by atoms with E-state index in [1.54, 1.807) is 11.0 Å². The summed E-state index contributed by atoms with van der Waals surface area (Å²) in [6.45, 7) is 0.837. The van der Waals surface area contributed by atoms with Crippen LogP contribution in [0.4, 0.5) is 5.00 Å². The van der Waals surface area contributed by atoms with Gasteiger partial charge in [-0.25, -0.2) is 0 Å². The molecule has 1 aliphatic rings. The molecule has 8 heteroatoms. The lowest BCUT2D eigenvalue weighted by atomic mass is 10.0. The van der Waals surface area contributed by atoms with Crippen LogP contribution in [-0.4, -0.2) is 36.3 Å². The molecule has 1 N–H and O–H groups in total. The van der Waals surface area contributed by atoms with Gasteiger partial charge in [0.05, 0.1) is 25.6 Å². The van der Waals surface area contributed by atoms with Crippen LogP contribution in [0.5, 0.6) is 0 Å². The number of amides is 2. The van der Waals surface area contributed by atoms with Gasteiger partial charge in [0, 0.05) is 23.9 Å². The fraction of sp³-hybridized carbons (Fsp3) is 0.273. The van der Waals surface area contributed by atoms with Crippen molar-refractivity contribution in [2.45, 2.75) is 25.8 Å². The van der Waals surface area contributed by atoms with Crippen LogP contribution >= 0.6 is 11.3 Å². The number of carbonyl (C=O) groups excluding carboxylic acids is 3. The summed E-state index contributed by atoms with van der Waals surface area (Å²) in [6, 6.07) is 11.6. The lowest BCUT2D eigenvalue weighted by molar-refractivity contribution is -0.143. The second-order valence-corrected chi connectivity index (χ2v) is 7.80. The maximum absolute atomic E-state index is 12.4. The van der Waals surface area contributed by atoms with Crippen LogP contribution in [0, 0.1) is 11.3 Å². The first-order valence-electron chi connectivity index (χ1n) is 9.45. The van der Waals surface area contributed by atoms with Crippen molar-refractivity contribution in [1.29, 1.82) is 5.26 Å². The second-order valence-electron chi connectivity index (χ2n) is 6.69. The van der Waals surface area contributed by atoms with Crippen LogP contribution in [0.2, 0.25) is 0 Å². The van der Waals surface area contributed by atoms with Crippen molar-refractivity contribution in [1.82, 2.24) is 4.90 Å². The number of hydrogen-bond acceptors (Lipinski definition) is 6. The third-order valence-corrected chi connectivity index (χ3v) is 5.89. The highest BCUT2D eigenvalue weighted by atomic mass is 32.1. The van der Waals surface area contributed by atoms with Gasteiger partial charge in [-0.1, -0.05) is 30.3 Å². The van der Waals surface area contributed by atoms with Gasteiger partial charge < -0.3 is 15.0 Å². The van der Waals surface area contributed by atoms with Crippen LogP contribution in [-0.2, 0) is 32.1 Å². The molecule has 0 radical (unpaired) electrons. The molecule has 1 aromatic heterocycles. The molecule has 0 unspecified atom stereocenters. The normalized spacial score (nSPS) is 12.9. The number of nitrogens with zero attached hydrogens (tertiary/aromatic N) is 2. The van der Waals surface area contributed by atoms with Crippen LogP contribution in [0.25, 0.3) is 6.08 Å². The van der Waals surface area contributed by atoms with Crippen molar-refractivity contribution in [3.63, 3.8) is 0 Å². The van der Waals surface area contributed by atoms with Gasteiger partial charge in [-0.15, -0.1) is 11.3 Å². The highest BCUT2D eigenvalue weighted by Gasteiger charge is 2.27. The smallest absolute Gasteiger partial charge is 0.306 e. The SMILES string of the molecule is COC(=O)CCC(=O)N1CCc2c(sc(NC(=O)/C=C/c3ccccc3)c2C#N)C1. The van der Waals surface area contributed by atoms with Crippen LogP contribution in [0.3, 0.4) is 0 Å². The Kier molecular flexibility index (Phi) is 6.99. The van der Waals surface area contributed by atoms with E-state index in [2.05, 4.69) is 16.1 Å². The molecule has 1 aromatic carbocycles. The van der Waals surface area contributed by atoms with Gasteiger partial charge in [0.15, 0.2) is 0 Å². The lowest BCUT2D eigenvalue weighted by Gasteiger charge is -2.26. The van der Waals surface area contributed by atoms with Crippen molar-refractivity contribution >= 4 is 40.2 Å². The molecule has 0 saturated carbocycles. The first-order chi connectivity index (χ1) is 14.5. The van der Waals surface area contributed by atoms with E-state index in [1.165, 1.54) is 24.5 Å². The van der Waals surface area contributed by atoms with E-state index in [0.717, 1.165) is 16.0 Å². The van der Waals surface area contributed by atoms with Crippen LogP contribution in [0.1, 0.15) is 34.4 Å². The van der Waals surface area contributed by atoms with Gasteiger partial charge in [0.1, 0.15) is 11.1 Å². The summed E-state index contributed by atoms with van der Waals surface area (Å²) in [4.78, 5) is 38.5. The number of methoxy groups -OCH3 is 1. The van der Waals surface area contributed by atoms with Gasteiger partial charge in [0.2, 0.25) is 11.8 Å². The molecular weight excluding hydrogens is 402 g/mol. The Balaban J connectivity index is 1.68. The van der Waals surface area contributed by atoms with Crippen LogP contribution in [0.15, 0.2) is 36.4 Å². The second kappa shape index (κ2) is 9.85. The molecule has 0 fully saturated rings. The van der Waals surface area contributed by atoms with Crippen molar-refractivity contribution in [3.05, 3.63) is 58.0 Å². The number of fused-ring (bicyclic) bond motifs is 1. The number of nitrogens with one attached hydrogen (secondary N) is 1. The Morgan fingerprint density at radius 2 is 2.03 bits per heavy atom. The highest BCUT2D eigenvalue weighted by Crippen LogP contribution is 2.36. The van der Waals surface area contributed by atoms with E-state index in [4.69, 9.17) is 0 Å². The summed E-state index contributed by atoms with van der Waals surface area (Å²) in [7, 11) is 1.29.